The highest BCUT2D eigenvalue weighted by molar-refractivity contribution is 6.30. The normalized spacial score (nSPS) is 10.1. The van der Waals surface area contributed by atoms with Crippen molar-refractivity contribution in [3.05, 3.63) is 77.1 Å². The number of aromatic nitrogens is 2. The molecule has 3 aromatic rings. The Balaban J connectivity index is 1.61. The number of hydrogen-bond donors (Lipinski definition) is 2. The number of halogens is 1. The summed E-state index contributed by atoms with van der Waals surface area (Å²) in [7, 11) is 0. The lowest BCUT2D eigenvalue weighted by atomic mass is 10.1. The molecule has 0 saturated heterocycles. The van der Waals surface area contributed by atoms with E-state index in [9.17, 15) is 0 Å². The van der Waals surface area contributed by atoms with E-state index in [1.165, 1.54) is 11.9 Å². The van der Waals surface area contributed by atoms with Gasteiger partial charge >= 0.3 is 0 Å². The van der Waals surface area contributed by atoms with E-state index in [1.54, 1.807) is 6.07 Å². The van der Waals surface area contributed by atoms with Crippen LogP contribution >= 0.6 is 11.6 Å². The van der Waals surface area contributed by atoms with Crippen LogP contribution in [0, 0.1) is 11.3 Å². The summed E-state index contributed by atoms with van der Waals surface area (Å²) in [5, 5.41) is 16.3. The summed E-state index contributed by atoms with van der Waals surface area (Å²) >= 11 is 5.89. The van der Waals surface area contributed by atoms with Crippen LogP contribution in [-0.2, 0) is 6.42 Å². The minimum absolute atomic E-state index is 0.568. The van der Waals surface area contributed by atoms with E-state index in [0.29, 0.717) is 11.4 Å². The van der Waals surface area contributed by atoms with Crippen molar-refractivity contribution in [3.8, 4) is 6.07 Å². The van der Waals surface area contributed by atoms with Crippen LogP contribution < -0.4 is 10.6 Å². The van der Waals surface area contributed by atoms with Gasteiger partial charge in [0.15, 0.2) is 0 Å². The SMILES string of the molecule is N#Cc1ccccc1Nc1cc(NCCc2ccc(Cl)cc2)ncn1. The van der Waals surface area contributed by atoms with Gasteiger partial charge in [0.2, 0.25) is 0 Å². The third-order valence-electron chi connectivity index (χ3n) is 3.61. The fourth-order valence-electron chi connectivity index (χ4n) is 2.34. The van der Waals surface area contributed by atoms with Gasteiger partial charge in [0.05, 0.1) is 11.3 Å². The maximum Gasteiger partial charge on any atom is 0.135 e. The molecular weight excluding hydrogens is 334 g/mol. The quantitative estimate of drug-likeness (QED) is 0.690. The van der Waals surface area contributed by atoms with Gasteiger partial charge in [0.25, 0.3) is 0 Å². The summed E-state index contributed by atoms with van der Waals surface area (Å²) in [4.78, 5) is 8.42. The topological polar surface area (TPSA) is 73.6 Å². The first-order valence-corrected chi connectivity index (χ1v) is 8.19. The molecule has 0 unspecified atom stereocenters. The Hall–Kier alpha value is -3.10. The van der Waals surface area contributed by atoms with Gasteiger partial charge in [-0.3, -0.25) is 0 Å². The van der Waals surface area contributed by atoms with E-state index in [2.05, 4.69) is 26.7 Å². The van der Waals surface area contributed by atoms with E-state index in [1.807, 2.05) is 48.5 Å². The number of anilines is 3. The zero-order valence-electron chi connectivity index (χ0n) is 13.4. The Morgan fingerprint density at radius 1 is 1.00 bits per heavy atom. The second-order valence-electron chi connectivity index (χ2n) is 5.37. The average molecular weight is 350 g/mol. The van der Waals surface area contributed by atoms with Crippen LogP contribution in [0.3, 0.4) is 0 Å². The second kappa shape index (κ2) is 8.13. The van der Waals surface area contributed by atoms with Crippen LogP contribution in [0.15, 0.2) is 60.9 Å². The fourth-order valence-corrected chi connectivity index (χ4v) is 2.46. The Labute approximate surface area is 151 Å². The number of nitriles is 1. The van der Waals surface area contributed by atoms with Gasteiger partial charge in [-0.2, -0.15) is 5.26 Å². The number of hydrogen-bond acceptors (Lipinski definition) is 5. The predicted octanol–water partition coefficient (Wildman–Crippen LogP) is 4.40. The summed E-state index contributed by atoms with van der Waals surface area (Å²) in [5.41, 5.74) is 2.49. The molecule has 0 bridgehead atoms. The van der Waals surface area contributed by atoms with E-state index in [0.717, 1.165) is 29.5 Å². The summed E-state index contributed by atoms with van der Waals surface area (Å²) in [6.07, 6.45) is 2.35. The smallest absolute Gasteiger partial charge is 0.135 e. The first-order chi connectivity index (χ1) is 12.2. The van der Waals surface area contributed by atoms with Crippen LogP contribution in [0.25, 0.3) is 0 Å². The molecule has 0 amide bonds. The van der Waals surface area contributed by atoms with E-state index in [4.69, 9.17) is 16.9 Å². The Morgan fingerprint density at radius 2 is 1.76 bits per heavy atom. The molecule has 1 aromatic heterocycles. The molecule has 0 aliphatic heterocycles. The zero-order chi connectivity index (χ0) is 17.5. The van der Waals surface area contributed by atoms with Gasteiger partial charge in [-0.1, -0.05) is 35.9 Å². The second-order valence-corrected chi connectivity index (χ2v) is 5.81. The molecule has 0 atom stereocenters. The Morgan fingerprint density at radius 3 is 2.56 bits per heavy atom. The van der Waals surface area contributed by atoms with Crippen molar-refractivity contribution < 1.29 is 0 Å². The van der Waals surface area contributed by atoms with Gasteiger partial charge in [0.1, 0.15) is 24.0 Å². The van der Waals surface area contributed by atoms with Crippen molar-refractivity contribution in [2.24, 2.45) is 0 Å². The van der Waals surface area contributed by atoms with Crippen molar-refractivity contribution in [2.45, 2.75) is 6.42 Å². The van der Waals surface area contributed by atoms with Crippen molar-refractivity contribution in [2.75, 3.05) is 17.2 Å². The molecule has 0 aliphatic carbocycles. The first-order valence-electron chi connectivity index (χ1n) is 7.81. The molecule has 2 N–H and O–H groups in total. The number of benzene rings is 2. The third-order valence-corrected chi connectivity index (χ3v) is 3.86. The summed E-state index contributed by atoms with van der Waals surface area (Å²) in [6.45, 7) is 0.743. The van der Waals surface area contributed by atoms with Gasteiger partial charge in [-0.05, 0) is 36.2 Å². The maximum absolute atomic E-state index is 9.15. The van der Waals surface area contributed by atoms with E-state index < -0.39 is 0 Å². The molecular formula is C19H16ClN5. The minimum Gasteiger partial charge on any atom is -0.370 e. The third kappa shape index (κ3) is 4.69. The van der Waals surface area contributed by atoms with Crippen LogP contribution in [0.5, 0.6) is 0 Å². The van der Waals surface area contributed by atoms with Crippen LogP contribution in [0.1, 0.15) is 11.1 Å². The highest BCUT2D eigenvalue weighted by Crippen LogP contribution is 2.19. The van der Waals surface area contributed by atoms with Crippen molar-refractivity contribution in [1.82, 2.24) is 9.97 Å². The molecule has 0 spiro atoms. The van der Waals surface area contributed by atoms with E-state index in [-0.39, 0.29) is 0 Å². The first kappa shape index (κ1) is 16.7. The van der Waals surface area contributed by atoms with Crippen LogP contribution in [-0.4, -0.2) is 16.5 Å². The largest absolute Gasteiger partial charge is 0.370 e. The molecule has 2 aromatic carbocycles. The molecule has 6 heteroatoms. The van der Waals surface area contributed by atoms with Crippen LogP contribution in [0.4, 0.5) is 17.3 Å². The molecule has 3 rings (SSSR count). The van der Waals surface area contributed by atoms with Crippen molar-refractivity contribution >= 4 is 28.9 Å². The number of nitrogens with one attached hydrogen (secondary N) is 2. The molecule has 1 heterocycles. The van der Waals surface area contributed by atoms with Gasteiger partial charge in [-0.15, -0.1) is 0 Å². The summed E-state index contributed by atoms with van der Waals surface area (Å²) in [5.74, 6) is 1.35. The maximum atomic E-state index is 9.15. The average Bonchev–Trinajstić information content (AvgIpc) is 2.64. The Bertz CT molecular complexity index is 887. The van der Waals surface area contributed by atoms with Gasteiger partial charge in [-0.25, -0.2) is 9.97 Å². The highest BCUT2D eigenvalue weighted by Gasteiger charge is 2.03. The van der Waals surface area contributed by atoms with Crippen LogP contribution in [0.2, 0.25) is 5.02 Å². The molecule has 0 saturated carbocycles. The molecule has 124 valence electrons. The lowest BCUT2D eigenvalue weighted by Gasteiger charge is -2.09. The summed E-state index contributed by atoms with van der Waals surface area (Å²) in [6, 6.07) is 19.1. The van der Waals surface area contributed by atoms with Crippen molar-refractivity contribution in [3.63, 3.8) is 0 Å². The molecule has 0 radical (unpaired) electrons. The predicted molar refractivity (Wildman–Crippen MR) is 100 cm³/mol. The monoisotopic (exact) mass is 349 g/mol. The lowest BCUT2D eigenvalue weighted by Crippen LogP contribution is -2.07. The number of para-hydroxylation sites is 1. The molecule has 5 nitrogen and oxygen atoms in total. The molecule has 0 fully saturated rings. The molecule has 0 aliphatic rings. The van der Waals surface area contributed by atoms with Crippen molar-refractivity contribution in [1.29, 1.82) is 5.26 Å². The molecule has 25 heavy (non-hydrogen) atoms. The fraction of sp³-hybridized carbons (Fsp3) is 0.105. The number of nitrogens with zero attached hydrogens (tertiary/aromatic N) is 3. The Kier molecular flexibility index (Phi) is 5.45. The standard InChI is InChI=1S/C19H16ClN5/c20-16-7-5-14(6-8-16)9-10-22-18-11-19(24-13-23-18)25-17-4-2-1-3-15(17)12-21/h1-8,11,13H,9-10H2,(H2,22,23,24,25). The lowest BCUT2D eigenvalue weighted by molar-refractivity contribution is 1.000. The zero-order valence-corrected chi connectivity index (χ0v) is 14.2. The van der Waals surface area contributed by atoms with Gasteiger partial charge in [0, 0.05) is 17.6 Å². The minimum atomic E-state index is 0.568. The van der Waals surface area contributed by atoms with Gasteiger partial charge < -0.3 is 10.6 Å². The number of rotatable bonds is 6. The summed E-state index contributed by atoms with van der Waals surface area (Å²) < 4.78 is 0. The highest BCUT2D eigenvalue weighted by atomic mass is 35.5. The van der Waals surface area contributed by atoms with E-state index >= 15 is 0 Å².